The largest absolute Gasteiger partial charge is 0.450 e. The summed E-state index contributed by atoms with van der Waals surface area (Å²) in [6.45, 7) is 5.23. The molecule has 14 heteroatoms. The molecule has 46 heavy (non-hydrogen) atoms. The molecule has 0 aliphatic heterocycles. The van der Waals surface area contributed by atoms with Gasteiger partial charge in [0.05, 0.1) is 35.0 Å². The third-order valence-corrected chi connectivity index (χ3v) is 7.56. The predicted molar refractivity (Wildman–Crippen MR) is 173 cm³/mol. The molecular weight excluding hydrogens is 596 g/mol. The Bertz CT molecular complexity index is 1750. The van der Waals surface area contributed by atoms with Crippen LogP contribution >= 0.6 is 0 Å². The van der Waals surface area contributed by atoms with Crippen molar-refractivity contribution in [1.29, 1.82) is 0 Å². The van der Waals surface area contributed by atoms with E-state index in [1.165, 1.54) is 9.80 Å². The molecule has 0 radical (unpaired) electrons. The fourth-order valence-electron chi connectivity index (χ4n) is 5.27. The molecule has 2 amide bonds. The molecule has 0 bridgehead atoms. The van der Waals surface area contributed by atoms with Crippen molar-refractivity contribution in [3.63, 3.8) is 0 Å². The van der Waals surface area contributed by atoms with Gasteiger partial charge in [0.2, 0.25) is 0 Å². The summed E-state index contributed by atoms with van der Waals surface area (Å²) in [6.07, 6.45) is 0.764. The van der Waals surface area contributed by atoms with Crippen LogP contribution in [0.2, 0.25) is 0 Å². The van der Waals surface area contributed by atoms with Crippen molar-refractivity contribution >= 4 is 34.0 Å². The van der Waals surface area contributed by atoms with E-state index in [2.05, 4.69) is 9.97 Å². The molecular formula is C32H40N6O8. The zero-order chi connectivity index (χ0) is 33.1. The summed E-state index contributed by atoms with van der Waals surface area (Å²) >= 11 is 0. The Hall–Kier alpha value is -5.14. The number of para-hydroxylation sites is 2. The van der Waals surface area contributed by atoms with E-state index in [4.69, 9.17) is 9.47 Å². The molecule has 14 nitrogen and oxygen atoms in total. The van der Waals surface area contributed by atoms with Crippen LogP contribution in [0.5, 0.6) is 0 Å². The minimum absolute atomic E-state index is 0.120. The lowest BCUT2D eigenvalue weighted by atomic mass is 10.2. The average Bonchev–Trinajstić information content (AvgIpc) is 3.04. The molecule has 0 atom stereocenters. The van der Waals surface area contributed by atoms with E-state index in [0.717, 1.165) is 9.13 Å². The third kappa shape index (κ3) is 8.31. The van der Waals surface area contributed by atoms with Gasteiger partial charge < -0.3 is 29.2 Å². The lowest BCUT2D eigenvalue weighted by Gasteiger charge is -2.24. The summed E-state index contributed by atoms with van der Waals surface area (Å²) in [4.78, 5) is 84.5. The van der Waals surface area contributed by atoms with Crippen molar-refractivity contribution < 1.29 is 19.1 Å². The molecule has 0 spiro atoms. The van der Waals surface area contributed by atoms with Gasteiger partial charge in [0.15, 0.2) is 0 Å². The molecule has 2 N–H and O–H groups in total. The summed E-state index contributed by atoms with van der Waals surface area (Å²) < 4.78 is 12.7. The molecule has 4 rings (SSSR count). The van der Waals surface area contributed by atoms with Crippen molar-refractivity contribution in [2.24, 2.45) is 0 Å². The average molecular weight is 637 g/mol. The van der Waals surface area contributed by atoms with Crippen LogP contribution in [0.3, 0.4) is 0 Å². The molecule has 246 valence electrons. The van der Waals surface area contributed by atoms with Crippen LogP contribution in [-0.4, -0.2) is 80.5 Å². The summed E-state index contributed by atoms with van der Waals surface area (Å²) in [7, 11) is 0. The molecule has 0 unspecified atom stereocenters. The highest BCUT2D eigenvalue weighted by Gasteiger charge is 2.18. The fraction of sp³-hybridized carbons (Fsp3) is 0.438. The van der Waals surface area contributed by atoms with Crippen molar-refractivity contribution in [1.82, 2.24) is 28.9 Å². The number of nitrogens with one attached hydrogen (secondary N) is 2. The number of ether oxygens (including phenoxy) is 2. The second-order valence-electron chi connectivity index (χ2n) is 10.7. The van der Waals surface area contributed by atoms with Gasteiger partial charge >= 0.3 is 23.6 Å². The number of amides is 2. The van der Waals surface area contributed by atoms with E-state index in [-0.39, 0.29) is 39.4 Å². The molecule has 0 saturated heterocycles. The van der Waals surface area contributed by atoms with E-state index in [0.29, 0.717) is 60.6 Å². The monoisotopic (exact) mass is 636 g/mol. The maximum atomic E-state index is 12.8. The standard InChI is InChI=1S/C32H40N6O8/c1-3-45-31(43)35(19-11-21-37-27(39)23-13-5-7-15-25(23)33-29(37)41)17-9-10-18-36(32(44)46-4-2)20-12-22-38-28(40)24-14-6-8-16-26(24)34-30(38)42/h5-8,13-16H,3-4,9-12,17-22H2,1-2H3,(H,33,41)(H,34,42). The number of carbonyl (C=O) groups is 2. The maximum Gasteiger partial charge on any atom is 0.409 e. The van der Waals surface area contributed by atoms with Crippen LogP contribution in [0, 0.1) is 0 Å². The van der Waals surface area contributed by atoms with Crippen LogP contribution < -0.4 is 22.5 Å². The lowest BCUT2D eigenvalue weighted by molar-refractivity contribution is 0.0992. The summed E-state index contributed by atoms with van der Waals surface area (Å²) in [5.74, 6) is 0. The second kappa shape index (κ2) is 16.3. The molecule has 0 aliphatic carbocycles. The first kappa shape index (κ1) is 33.7. The van der Waals surface area contributed by atoms with Crippen LogP contribution in [0.4, 0.5) is 9.59 Å². The highest BCUT2D eigenvalue weighted by molar-refractivity contribution is 5.77. The number of H-pyrrole nitrogens is 2. The van der Waals surface area contributed by atoms with Gasteiger partial charge in [-0.05, 0) is 63.8 Å². The molecule has 2 aromatic carbocycles. The number of hydrogen-bond acceptors (Lipinski definition) is 8. The predicted octanol–water partition coefficient (Wildman–Crippen LogP) is 2.87. The van der Waals surface area contributed by atoms with E-state index in [9.17, 15) is 28.8 Å². The van der Waals surface area contributed by atoms with Gasteiger partial charge in [-0.2, -0.15) is 0 Å². The molecule has 0 aliphatic rings. The Morgan fingerprint density at radius 3 is 1.37 bits per heavy atom. The van der Waals surface area contributed by atoms with Crippen LogP contribution in [-0.2, 0) is 22.6 Å². The van der Waals surface area contributed by atoms with Crippen molar-refractivity contribution in [3.05, 3.63) is 90.2 Å². The molecule has 2 aromatic heterocycles. The van der Waals surface area contributed by atoms with E-state index in [1.54, 1.807) is 62.4 Å². The fourth-order valence-corrected chi connectivity index (χ4v) is 5.27. The quantitative estimate of drug-likeness (QED) is 0.188. The zero-order valence-electron chi connectivity index (χ0n) is 26.2. The van der Waals surface area contributed by atoms with Crippen molar-refractivity contribution in [2.45, 2.75) is 52.6 Å². The van der Waals surface area contributed by atoms with Gasteiger partial charge in [-0.15, -0.1) is 0 Å². The van der Waals surface area contributed by atoms with E-state index >= 15 is 0 Å². The SMILES string of the molecule is CCOC(=O)N(CCCCN(CCCn1c(=O)[nH]c2ccccc2c1=O)C(=O)OCC)CCCn1c(=O)[nH]c2ccccc2c1=O. The van der Waals surface area contributed by atoms with Gasteiger partial charge in [0.25, 0.3) is 11.1 Å². The van der Waals surface area contributed by atoms with Gasteiger partial charge in [-0.1, -0.05) is 24.3 Å². The number of aromatic amines is 2. The lowest BCUT2D eigenvalue weighted by Crippen LogP contribution is -2.39. The Labute approximate surface area is 264 Å². The highest BCUT2D eigenvalue weighted by Crippen LogP contribution is 2.08. The Morgan fingerprint density at radius 1 is 0.609 bits per heavy atom. The van der Waals surface area contributed by atoms with E-state index in [1.807, 2.05) is 0 Å². The Balaban J connectivity index is 1.32. The van der Waals surface area contributed by atoms with Crippen LogP contribution in [0.25, 0.3) is 21.8 Å². The van der Waals surface area contributed by atoms with Gasteiger partial charge in [-0.3, -0.25) is 18.7 Å². The van der Waals surface area contributed by atoms with Crippen LogP contribution in [0.15, 0.2) is 67.7 Å². The second-order valence-corrected chi connectivity index (χ2v) is 10.7. The van der Waals surface area contributed by atoms with Gasteiger partial charge in [-0.25, -0.2) is 19.2 Å². The number of unbranched alkanes of at least 4 members (excludes halogenated alkanes) is 1. The minimum Gasteiger partial charge on any atom is -0.450 e. The topological polar surface area (TPSA) is 169 Å². The molecule has 2 heterocycles. The van der Waals surface area contributed by atoms with Gasteiger partial charge in [0, 0.05) is 39.3 Å². The summed E-state index contributed by atoms with van der Waals surface area (Å²) in [5, 5.41) is 0.818. The first-order chi connectivity index (χ1) is 22.2. The Kier molecular flexibility index (Phi) is 11.9. The maximum absolute atomic E-state index is 12.8. The number of fused-ring (bicyclic) bond motifs is 2. The number of aromatic nitrogens is 4. The normalized spacial score (nSPS) is 11.1. The molecule has 0 saturated carbocycles. The van der Waals surface area contributed by atoms with Crippen LogP contribution in [0.1, 0.15) is 39.5 Å². The van der Waals surface area contributed by atoms with E-state index < -0.39 is 34.7 Å². The molecule has 4 aromatic rings. The summed E-state index contributed by atoms with van der Waals surface area (Å²) in [5.41, 5.74) is -0.876. The number of rotatable bonds is 15. The number of nitrogens with zero attached hydrogens (tertiary/aromatic N) is 4. The number of benzene rings is 2. The first-order valence-corrected chi connectivity index (χ1v) is 15.5. The Morgan fingerprint density at radius 2 is 0.978 bits per heavy atom. The molecule has 0 fully saturated rings. The first-order valence-electron chi connectivity index (χ1n) is 15.5. The highest BCUT2D eigenvalue weighted by atomic mass is 16.6. The minimum atomic E-state index is -0.513. The van der Waals surface area contributed by atoms with Crippen molar-refractivity contribution in [2.75, 3.05) is 39.4 Å². The third-order valence-electron chi connectivity index (χ3n) is 7.56. The summed E-state index contributed by atoms with van der Waals surface area (Å²) in [6, 6.07) is 13.6. The zero-order valence-corrected chi connectivity index (χ0v) is 26.2. The van der Waals surface area contributed by atoms with Gasteiger partial charge in [0.1, 0.15) is 0 Å². The van der Waals surface area contributed by atoms with Crippen molar-refractivity contribution in [3.8, 4) is 0 Å². The number of carbonyl (C=O) groups excluding carboxylic acids is 2. The number of hydrogen-bond donors (Lipinski definition) is 2. The smallest absolute Gasteiger partial charge is 0.409 e.